The van der Waals surface area contributed by atoms with Crippen LogP contribution in [0.2, 0.25) is 0 Å². The molecule has 1 N–H and O–H groups in total. The van der Waals surface area contributed by atoms with E-state index in [0.717, 1.165) is 5.69 Å². The van der Waals surface area contributed by atoms with E-state index in [1.807, 2.05) is 84.9 Å². The number of azo groups is 1. The molecule has 1 saturated heterocycles. The first-order valence-electron chi connectivity index (χ1n) is 11.0. The molecular weight excluding hydrogens is 416 g/mol. The molecule has 168 valence electrons. The van der Waals surface area contributed by atoms with Crippen LogP contribution < -0.4 is 10.1 Å². The molecule has 0 saturated carbocycles. The summed E-state index contributed by atoms with van der Waals surface area (Å²) in [5.41, 5.74) is 2.21. The van der Waals surface area contributed by atoms with Crippen molar-refractivity contribution in [2.75, 3.05) is 25.0 Å². The smallest absolute Gasteiger partial charge is 0.260 e. The Labute approximate surface area is 193 Å². The molecule has 0 spiro atoms. The van der Waals surface area contributed by atoms with Gasteiger partial charge in [0.25, 0.3) is 5.91 Å². The van der Waals surface area contributed by atoms with Crippen LogP contribution in [0.4, 0.5) is 17.1 Å². The maximum atomic E-state index is 12.7. The summed E-state index contributed by atoms with van der Waals surface area (Å²) in [4.78, 5) is 26.8. The Morgan fingerprint density at radius 1 is 0.818 bits per heavy atom. The fourth-order valence-corrected chi connectivity index (χ4v) is 3.61. The fraction of sp³-hybridized carbons (Fsp3) is 0.231. The van der Waals surface area contributed by atoms with Crippen LogP contribution in [0.15, 0.2) is 95.2 Å². The summed E-state index contributed by atoms with van der Waals surface area (Å²) in [6, 6.07) is 26.1. The van der Waals surface area contributed by atoms with Crippen molar-refractivity contribution in [3.63, 3.8) is 0 Å². The number of carbonyl (C=O) groups excluding carboxylic acids is 2. The van der Waals surface area contributed by atoms with Gasteiger partial charge < -0.3 is 15.0 Å². The molecule has 1 aliphatic rings. The highest BCUT2D eigenvalue weighted by atomic mass is 16.5. The van der Waals surface area contributed by atoms with Crippen LogP contribution in [0.1, 0.15) is 12.8 Å². The summed E-state index contributed by atoms with van der Waals surface area (Å²) in [6.45, 7) is 1.11. The minimum Gasteiger partial charge on any atom is -0.484 e. The second-order valence-corrected chi connectivity index (χ2v) is 7.83. The zero-order chi connectivity index (χ0) is 22.9. The number of ether oxygens (including phenoxy) is 1. The van der Waals surface area contributed by atoms with Gasteiger partial charge in [-0.15, -0.1) is 0 Å². The molecule has 0 aromatic heterocycles. The number of likely N-dealkylation sites (tertiary alicyclic amines) is 1. The molecule has 1 heterocycles. The Bertz CT molecular complexity index is 1080. The molecule has 0 radical (unpaired) electrons. The summed E-state index contributed by atoms with van der Waals surface area (Å²) < 4.78 is 5.54. The van der Waals surface area contributed by atoms with Gasteiger partial charge in [-0.3, -0.25) is 9.59 Å². The third-order valence-electron chi connectivity index (χ3n) is 5.50. The van der Waals surface area contributed by atoms with Gasteiger partial charge in [-0.1, -0.05) is 36.4 Å². The third kappa shape index (κ3) is 6.49. The first-order valence-corrected chi connectivity index (χ1v) is 11.0. The van der Waals surface area contributed by atoms with Gasteiger partial charge in [0.2, 0.25) is 5.91 Å². The number of para-hydroxylation sites is 1. The maximum Gasteiger partial charge on any atom is 0.260 e. The number of anilines is 1. The van der Waals surface area contributed by atoms with E-state index in [4.69, 9.17) is 4.74 Å². The van der Waals surface area contributed by atoms with E-state index in [-0.39, 0.29) is 24.3 Å². The molecule has 1 fully saturated rings. The van der Waals surface area contributed by atoms with Crippen molar-refractivity contribution in [1.82, 2.24) is 4.90 Å². The van der Waals surface area contributed by atoms with E-state index >= 15 is 0 Å². The molecule has 0 bridgehead atoms. The zero-order valence-electron chi connectivity index (χ0n) is 18.3. The SMILES string of the molecule is O=C(Nc1ccc(N=Nc2ccccc2)cc1)C1CCN(C(=O)COc2ccccc2)CC1. The minimum absolute atomic E-state index is 0.00877. The number of carbonyl (C=O) groups is 2. The normalized spacial score (nSPS) is 14.2. The summed E-state index contributed by atoms with van der Waals surface area (Å²) in [6.07, 6.45) is 1.26. The summed E-state index contributed by atoms with van der Waals surface area (Å²) in [7, 11) is 0. The average molecular weight is 443 g/mol. The Morgan fingerprint density at radius 2 is 1.39 bits per heavy atom. The van der Waals surface area contributed by atoms with Crippen LogP contribution in [0.25, 0.3) is 0 Å². The van der Waals surface area contributed by atoms with Gasteiger partial charge in [0, 0.05) is 24.7 Å². The third-order valence-corrected chi connectivity index (χ3v) is 5.50. The van der Waals surface area contributed by atoms with Crippen LogP contribution in [-0.2, 0) is 9.59 Å². The van der Waals surface area contributed by atoms with Gasteiger partial charge >= 0.3 is 0 Å². The zero-order valence-corrected chi connectivity index (χ0v) is 18.3. The predicted octanol–water partition coefficient (Wildman–Crippen LogP) is 5.36. The number of amides is 2. The lowest BCUT2D eigenvalue weighted by molar-refractivity contribution is -0.136. The highest BCUT2D eigenvalue weighted by molar-refractivity contribution is 5.93. The van der Waals surface area contributed by atoms with Crippen molar-refractivity contribution in [2.24, 2.45) is 16.1 Å². The monoisotopic (exact) mass is 442 g/mol. The Morgan fingerprint density at radius 3 is 2.03 bits per heavy atom. The van der Waals surface area contributed by atoms with E-state index in [1.54, 1.807) is 4.90 Å². The number of rotatable bonds is 7. The lowest BCUT2D eigenvalue weighted by Gasteiger charge is -2.31. The number of piperidine rings is 1. The lowest BCUT2D eigenvalue weighted by atomic mass is 9.95. The minimum atomic E-state index is -0.124. The van der Waals surface area contributed by atoms with Crippen LogP contribution >= 0.6 is 0 Å². The summed E-state index contributed by atoms with van der Waals surface area (Å²) in [5.74, 6) is 0.466. The molecule has 4 rings (SSSR count). The lowest BCUT2D eigenvalue weighted by Crippen LogP contribution is -2.43. The van der Waals surface area contributed by atoms with Crippen LogP contribution in [0.5, 0.6) is 5.75 Å². The first-order chi connectivity index (χ1) is 16.2. The maximum absolute atomic E-state index is 12.7. The van der Waals surface area contributed by atoms with Crippen molar-refractivity contribution in [3.05, 3.63) is 84.9 Å². The number of nitrogens with one attached hydrogen (secondary N) is 1. The fourth-order valence-electron chi connectivity index (χ4n) is 3.61. The molecule has 7 nitrogen and oxygen atoms in total. The highest BCUT2D eigenvalue weighted by Crippen LogP contribution is 2.23. The molecule has 33 heavy (non-hydrogen) atoms. The van der Waals surface area contributed by atoms with Crippen LogP contribution in [0.3, 0.4) is 0 Å². The second-order valence-electron chi connectivity index (χ2n) is 7.83. The van der Waals surface area contributed by atoms with E-state index in [2.05, 4.69) is 15.5 Å². The summed E-state index contributed by atoms with van der Waals surface area (Å²) >= 11 is 0. The Hall–Kier alpha value is -4.00. The van der Waals surface area contributed by atoms with Crippen molar-refractivity contribution in [3.8, 4) is 5.75 Å². The summed E-state index contributed by atoms with van der Waals surface area (Å²) in [5, 5.41) is 11.4. The van der Waals surface area contributed by atoms with Gasteiger partial charge in [-0.25, -0.2) is 0 Å². The van der Waals surface area contributed by atoms with Gasteiger partial charge in [0.05, 0.1) is 11.4 Å². The molecule has 2 amide bonds. The van der Waals surface area contributed by atoms with E-state index in [9.17, 15) is 9.59 Å². The van der Waals surface area contributed by atoms with Gasteiger partial charge in [-0.2, -0.15) is 10.2 Å². The van der Waals surface area contributed by atoms with Gasteiger partial charge in [-0.05, 0) is 61.4 Å². The second kappa shape index (κ2) is 11.0. The molecule has 3 aromatic carbocycles. The first kappa shape index (κ1) is 22.2. The Kier molecular flexibility index (Phi) is 7.43. The van der Waals surface area contributed by atoms with Gasteiger partial charge in [0.1, 0.15) is 5.75 Å². The molecule has 3 aromatic rings. The number of benzene rings is 3. The highest BCUT2D eigenvalue weighted by Gasteiger charge is 2.27. The molecular formula is C26H26N4O3. The molecule has 1 aliphatic heterocycles. The number of nitrogens with zero attached hydrogens (tertiary/aromatic N) is 3. The topological polar surface area (TPSA) is 83.4 Å². The number of hydrogen-bond acceptors (Lipinski definition) is 5. The van der Waals surface area contributed by atoms with Crippen molar-refractivity contribution in [1.29, 1.82) is 0 Å². The van der Waals surface area contributed by atoms with Gasteiger partial charge in [0.15, 0.2) is 6.61 Å². The van der Waals surface area contributed by atoms with Crippen LogP contribution in [0, 0.1) is 5.92 Å². The molecule has 0 aliphatic carbocycles. The van der Waals surface area contributed by atoms with Crippen molar-refractivity contribution < 1.29 is 14.3 Å². The quantitative estimate of drug-likeness (QED) is 0.500. The standard InChI is InChI=1S/C26H26N4O3/c31-25(19-33-24-9-5-2-6-10-24)30-17-15-20(16-18-30)26(32)27-21-11-13-23(14-12-21)29-28-22-7-3-1-4-8-22/h1-14,20H,15-19H2,(H,27,32). The van der Waals surface area contributed by atoms with E-state index in [0.29, 0.717) is 43.1 Å². The Balaban J connectivity index is 1.22. The molecule has 7 heteroatoms. The number of hydrogen-bond donors (Lipinski definition) is 1. The molecule has 0 atom stereocenters. The predicted molar refractivity (Wildman–Crippen MR) is 127 cm³/mol. The average Bonchev–Trinajstić information content (AvgIpc) is 2.88. The largest absolute Gasteiger partial charge is 0.484 e. The van der Waals surface area contributed by atoms with Crippen LogP contribution in [-0.4, -0.2) is 36.4 Å². The van der Waals surface area contributed by atoms with E-state index < -0.39 is 0 Å². The molecule has 0 unspecified atom stereocenters. The van der Waals surface area contributed by atoms with E-state index in [1.165, 1.54) is 0 Å². The van der Waals surface area contributed by atoms with Crippen molar-refractivity contribution >= 4 is 28.9 Å². The van der Waals surface area contributed by atoms with Crippen molar-refractivity contribution in [2.45, 2.75) is 12.8 Å².